The van der Waals surface area contributed by atoms with Crippen LogP contribution in [0.3, 0.4) is 0 Å². The quantitative estimate of drug-likeness (QED) is 0.898. The summed E-state index contributed by atoms with van der Waals surface area (Å²) in [6.45, 7) is 3.01. The lowest BCUT2D eigenvalue weighted by molar-refractivity contribution is -0.120. The van der Waals surface area contributed by atoms with Crippen molar-refractivity contribution in [2.24, 2.45) is 5.92 Å². The molecule has 2 N–H and O–H groups in total. The molecule has 1 saturated heterocycles. The van der Waals surface area contributed by atoms with Gasteiger partial charge >= 0.3 is 0 Å². The van der Waals surface area contributed by atoms with E-state index in [1.54, 1.807) is 18.7 Å². The van der Waals surface area contributed by atoms with Crippen molar-refractivity contribution in [2.45, 2.75) is 25.8 Å². The average molecular weight is 285 g/mol. The predicted octanol–water partition coefficient (Wildman–Crippen LogP) is 1.59. The Morgan fingerprint density at radius 1 is 1.48 bits per heavy atom. The maximum atomic E-state index is 12.2. The highest BCUT2D eigenvalue weighted by atomic mass is 16.1. The van der Waals surface area contributed by atoms with Crippen LogP contribution in [0.4, 0.5) is 5.69 Å². The molecule has 0 spiro atoms. The standard InChI is InChI=1S/C15H19N5O/c1-11-8-12(4-5-17-11)15(21)19-13-2-3-14(18-9-13)20-7-6-16-10-20/h2-3,6-7,9-12,17H,4-5,8H2,1H3,(H,19,21)/t11-,12-/m0/s1. The number of amides is 1. The smallest absolute Gasteiger partial charge is 0.227 e. The third-order valence-electron chi connectivity index (χ3n) is 3.78. The first-order valence-electron chi connectivity index (χ1n) is 7.21. The van der Waals surface area contributed by atoms with Crippen LogP contribution in [0.1, 0.15) is 19.8 Å². The highest BCUT2D eigenvalue weighted by Crippen LogP contribution is 2.18. The lowest BCUT2D eigenvalue weighted by Crippen LogP contribution is -2.40. The van der Waals surface area contributed by atoms with Gasteiger partial charge in [-0.25, -0.2) is 9.97 Å². The second-order valence-electron chi connectivity index (χ2n) is 5.44. The molecule has 1 amide bonds. The maximum Gasteiger partial charge on any atom is 0.227 e. The van der Waals surface area contributed by atoms with E-state index in [4.69, 9.17) is 0 Å². The number of rotatable bonds is 3. The minimum absolute atomic E-state index is 0.0783. The zero-order valence-corrected chi connectivity index (χ0v) is 12.0. The van der Waals surface area contributed by atoms with Gasteiger partial charge in [0.2, 0.25) is 5.91 Å². The summed E-state index contributed by atoms with van der Waals surface area (Å²) in [5.41, 5.74) is 0.732. The summed E-state index contributed by atoms with van der Waals surface area (Å²) in [6, 6.07) is 4.13. The van der Waals surface area contributed by atoms with E-state index >= 15 is 0 Å². The fraction of sp³-hybridized carbons (Fsp3) is 0.400. The topological polar surface area (TPSA) is 71.8 Å². The van der Waals surface area contributed by atoms with Crippen molar-refractivity contribution < 1.29 is 4.79 Å². The van der Waals surface area contributed by atoms with Crippen LogP contribution in [-0.4, -0.2) is 33.0 Å². The molecule has 1 aliphatic rings. The second-order valence-corrected chi connectivity index (χ2v) is 5.44. The van der Waals surface area contributed by atoms with Crippen molar-refractivity contribution in [3.05, 3.63) is 37.1 Å². The molecule has 2 atom stereocenters. The summed E-state index contributed by atoms with van der Waals surface area (Å²) in [5.74, 6) is 0.941. The first kappa shape index (κ1) is 13.8. The van der Waals surface area contributed by atoms with Gasteiger partial charge in [0.25, 0.3) is 0 Å². The zero-order valence-electron chi connectivity index (χ0n) is 12.0. The van der Waals surface area contributed by atoms with Crippen LogP contribution in [0.25, 0.3) is 5.82 Å². The number of nitrogens with zero attached hydrogens (tertiary/aromatic N) is 3. The molecule has 1 aliphatic heterocycles. The van der Waals surface area contributed by atoms with Gasteiger partial charge in [0.15, 0.2) is 0 Å². The fourth-order valence-corrected chi connectivity index (χ4v) is 2.62. The highest BCUT2D eigenvalue weighted by molar-refractivity contribution is 5.92. The Hall–Kier alpha value is -2.21. The van der Waals surface area contributed by atoms with Crippen molar-refractivity contribution in [3.8, 4) is 5.82 Å². The summed E-state index contributed by atoms with van der Waals surface area (Å²) < 4.78 is 1.82. The number of hydrogen-bond acceptors (Lipinski definition) is 4. The molecular weight excluding hydrogens is 266 g/mol. The molecular formula is C15H19N5O. The lowest BCUT2D eigenvalue weighted by Gasteiger charge is -2.27. The predicted molar refractivity (Wildman–Crippen MR) is 80.2 cm³/mol. The van der Waals surface area contributed by atoms with Gasteiger partial charge in [-0.2, -0.15) is 0 Å². The zero-order chi connectivity index (χ0) is 14.7. The molecule has 0 aromatic carbocycles. The van der Waals surface area contributed by atoms with E-state index in [2.05, 4.69) is 27.5 Å². The van der Waals surface area contributed by atoms with Crippen molar-refractivity contribution in [2.75, 3.05) is 11.9 Å². The lowest BCUT2D eigenvalue weighted by atomic mass is 9.92. The summed E-state index contributed by atoms with van der Waals surface area (Å²) in [4.78, 5) is 20.6. The molecule has 0 unspecified atom stereocenters. The number of nitrogens with one attached hydrogen (secondary N) is 2. The minimum atomic E-state index is 0.0783. The number of piperidine rings is 1. The van der Waals surface area contributed by atoms with E-state index in [0.717, 1.165) is 30.9 Å². The minimum Gasteiger partial charge on any atom is -0.324 e. The summed E-state index contributed by atoms with van der Waals surface area (Å²) in [7, 11) is 0. The number of carbonyl (C=O) groups is 1. The number of hydrogen-bond donors (Lipinski definition) is 2. The molecule has 0 radical (unpaired) electrons. The van der Waals surface area contributed by atoms with Gasteiger partial charge in [0.05, 0.1) is 11.9 Å². The Morgan fingerprint density at radius 3 is 3.05 bits per heavy atom. The van der Waals surface area contributed by atoms with Crippen LogP contribution in [-0.2, 0) is 4.79 Å². The maximum absolute atomic E-state index is 12.2. The normalized spacial score (nSPS) is 22.0. The van der Waals surface area contributed by atoms with Crippen molar-refractivity contribution in [1.29, 1.82) is 0 Å². The van der Waals surface area contributed by atoms with Crippen molar-refractivity contribution >= 4 is 11.6 Å². The molecule has 2 aromatic rings. The first-order chi connectivity index (χ1) is 10.2. The molecule has 21 heavy (non-hydrogen) atoms. The van der Waals surface area contributed by atoms with Crippen molar-refractivity contribution in [3.63, 3.8) is 0 Å². The van der Waals surface area contributed by atoms with E-state index in [1.165, 1.54) is 0 Å². The third-order valence-corrected chi connectivity index (χ3v) is 3.78. The largest absolute Gasteiger partial charge is 0.324 e. The van der Waals surface area contributed by atoms with Crippen LogP contribution in [0.2, 0.25) is 0 Å². The number of pyridine rings is 1. The molecule has 3 heterocycles. The van der Waals surface area contributed by atoms with Gasteiger partial charge < -0.3 is 10.6 Å². The van der Waals surface area contributed by atoms with Gasteiger partial charge in [0.1, 0.15) is 12.1 Å². The molecule has 3 rings (SSSR count). The van der Waals surface area contributed by atoms with Crippen molar-refractivity contribution in [1.82, 2.24) is 19.9 Å². The molecule has 6 nitrogen and oxygen atoms in total. The SMILES string of the molecule is C[C@H]1C[C@@H](C(=O)Nc2ccc(-n3ccnc3)nc2)CCN1. The van der Waals surface area contributed by atoms with Gasteiger partial charge in [-0.1, -0.05) is 0 Å². The number of carbonyl (C=O) groups excluding carboxylic acids is 1. The van der Waals surface area contributed by atoms with Gasteiger partial charge in [-0.15, -0.1) is 0 Å². The second kappa shape index (κ2) is 6.05. The molecule has 0 aliphatic carbocycles. The Labute approximate surface area is 123 Å². The molecule has 0 bridgehead atoms. The van der Waals surface area contributed by atoms with Gasteiger partial charge in [-0.05, 0) is 38.4 Å². The molecule has 0 saturated carbocycles. The Morgan fingerprint density at radius 2 is 2.38 bits per heavy atom. The Bertz CT molecular complexity index is 593. The fourth-order valence-electron chi connectivity index (χ4n) is 2.62. The van der Waals surface area contributed by atoms with E-state index in [1.807, 2.05) is 22.9 Å². The van der Waals surface area contributed by atoms with E-state index in [0.29, 0.717) is 6.04 Å². The summed E-state index contributed by atoms with van der Waals surface area (Å²) in [5, 5.41) is 6.30. The number of aromatic nitrogens is 3. The highest BCUT2D eigenvalue weighted by Gasteiger charge is 2.24. The molecule has 2 aromatic heterocycles. The monoisotopic (exact) mass is 285 g/mol. The summed E-state index contributed by atoms with van der Waals surface area (Å²) in [6.07, 6.45) is 8.67. The van der Waals surface area contributed by atoms with E-state index in [-0.39, 0.29) is 11.8 Å². The van der Waals surface area contributed by atoms with Gasteiger partial charge in [-0.3, -0.25) is 9.36 Å². The third kappa shape index (κ3) is 3.28. The molecule has 6 heteroatoms. The molecule has 1 fully saturated rings. The van der Waals surface area contributed by atoms with Crippen LogP contribution < -0.4 is 10.6 Å². The Kier molecular flexibility index (Phi) is 3.96. The molecule has 110 valence electrons. The number of anilines is 1. The van der Waals surface area contributed by atoms with Crippen LogP contribution >= 0.6 is 0 Å². The average Bonchev–Trinajstić information content (AvgIpc) is 3.02. The van der Waals surface area contributed by atoms with Gasteiger partial charge in [0, 0.05) is 24.4 Å². The van der Waals surface area contributed by atoms with Crippen LogP contribution in [0, 0.1) is 5.92 Å². The number of imidazole rings is 1. The Balaban J connectivity index is 1.63. The summed E-state index contributed by atoms with van der Waals surface area (Å²) >= 11 is 0. The van der Waals surface area contributed by atoms with E-state index < -0.39 is 0 Å². The van der Waals surface area contributed by atoms with Crippen LogP contribution in [0.5, 0.6) is 0 Å². The van der Waals surface area contributed by atoms with Crippen LogP contribution in [0.15, 0.2) is 37.1 Å². The first-order valence-corrected chi connectivity index (χ1v) is 7.21. The van der Waals surface area contributed by atoms with E-state index in [9.17, 15) is 4.79 Å².